The number of benzene rings is 2. The summed E-state index contributed by atoms with van der Waals surface area (Å²) >= 11 is 0. The molecule has 7 nitrogen and oxygen atoms in total. The molecule has 0 aliphatic rings. The van der Waals surface area contributed by atoms with E-state index < -0.39 is 10.0 Å². The van der Waals surface area contributed by atoms with E-state index in [0.717, 1.165) is 11.4 Å². The lowest BCUT2D eigenvalue weighted by atomic mass is 10.1. The van der Waals surface area contributed by atoms with Crippen LogP contribution in [0.5, 0.6) is 0 Å². The van der Waals surface area contributed by atoms with Crippen molar-refractivity contribution in [3.63, 3.8) is 0 Å². The molecule has 0 radical (unpaired) electrons. The molecule has 0 bridgehead atoms. The van der Waals surface area contributed by atoms with Crippen molar-refractivity contribution in [1.29, 1.82) is 0 Å². The monoisotopic (exact) mass is 424 g/mol. The molecule has 30 heavy (non-hydrogen) atoms. The SMILES string of the molecule is C=CCNS(=O)(=O)Cc1ccc(NC(=O)c2cnn(-c3ccccc3)c2CC)cc1. The fourth-order valence-corrected chi connectivity index (χ4v) is 4.14. The molecule has 0 spiro atoms. The van der Waals surface area contributed by atoms with Gasteiger partial charge in [-0.3, -0.25) is 4.79 Å². The van der Waals surface area contributed by atoms with E-state index in [9.17, 15) is 13.2 Å². The van der Waals surface area contributed by atoms with E-state index in [2.05, 4.69) is 21.7 Å². The number of nitrogens with zero attached hydrogens (tertiary/aromatic N) is 2. The molecule has 2 aromatic carbocycles. The minimum absolute atomic E-state index is 0.140. The zero-order chi connectivity index (χ0) is 21.6. The number of carbonyl (C=O) groups is 1. The summed E-state index contributed by atoms with van der Waals surface area (Å²) in [4.78, 5) is 12.8. The highest BCUT2D eigenvalue weighted by molar-refractivity contribution is 7.88. The molecule has 2 N–H and O–H groups in total. The van der Waals surface area contributed by atoms with Crippen LogP contribution in [0.1, 0.15) is 28.5 Å². The van der Waals surface area contributed by atoms with E-state index in [0.29, 0.717) is 23.2 Å². The smallest absolute Gasteiger partial charge is 0.259 e. The Bertz CT molecular complexity index is 1120. The van der Waals surface area contributed by atoms with Crippen molar-refractivity contribution in [2.45, 2.75) is 19.1 Å². The second-order valence-corrected chi connectivity index (χ2v) is 8.46. The van der Waals surface area contributed by atoms with E-state index in [4.69, 9.17) is 0 Å². The first-order valence-electron chi connectivity index (χ1n) is 9.54. The fraction of sp³-hybridized carbons (Fsp3) is 0.182. The molecule has 0 saturated carbocycles. The number of carbonyl (C=O) groups excluding carboxylic acids is 1. The predicted octanol–water partition coefficient (Wildman–Crippen LogP) is 3.29. The molecule has 1 aromatic heterocycles. The van der Waals surface area contributed by atoms with Crippen LogP contribution in [0.15, 0.2) is 73.4 Å². The summed E-state index contributed by atoms with van der Waals surface area (Å²) in [5.74, 6) is -0.402. The van der Waals surface area contributed by atoms with Crippen LogP contribution in [0.4, 0.5) is 5.69 Å². The van der Waals surface area contributed by atoms with E-state index in [1.807, 2.05) is 37.3 Å². The van der Waals surface area contributed by atoms with Crippen LogP contribution in [-0.2, 0) is 22.2 Å². The largest absolute Gasteiger partial charge is 0.322 e. The van der Waals surface area contributed by atoms with Gasteiger partial charge in [0.15, 0.2) is 0 Å². The van der Waals surface area contributed by atoms with Crippen molar-refractivity contribution < 1.29 is 13.2 Å². The van der Waals surface area contributed by atoms with Crippen LogP contribution < -0.4 is 10.0 Å². The van der Waals surface area contributed by atoms with Crippen molar-refractivity contribution in [2.24, 2.45) is 0 Å². The third kappa shape index (κ3) is 5.22. The zero-order valence-corrected chi connectivity index (χ0v) is 17.5. The van der Waals surface area contributed by atoms with Crippen LogP contribution in [0.3, 0.4) is 0 Å². The van der Waals surface area contributed by atoms with Gasteiger partial charge in [0.25, 0.3) is 5.91 Å². The van der Waals surface area contributed by atoms with Gasteiger partial charge in [-0.25, -0.2) is 17.8 Å². The Balaban J connectivity index is 1.72. The minimum atomic E-state index is -3.43. The Morgan fingerprint density at radius 2 is 1.83 bits per heavy atom. The van der Waals surface area contributed by atoms with Crippen LogP contribution >= 0.6 is 0 Å². The average Bonchev–Trinajstić information content (AvgIpc) is 3.18. The van der Waals surface area contributed by atoms with Gasteiger partial charge in [-0.05, 0) is 36.2 Å². The maximum atomic E-state index is 12.8. The maximum absolute atomic E-state index is 12.8. The van der Waals surface area contributed by atoms with Gasteiger partial charge in [-0.15, -0.1) is 6.58 Å². The Hall–Kier alpha value is -3.23. The van der Waals surface area contributed by atoms with Gasteiger partial charge < -0.3 is 5.32 Å². The highest BCUT2D eigenvalue weighted by atomic mass is 32.2. The summed E-state index contributed by atoms with van der Waals surface area (Å²) < 4.78 is 28.1. The standard InChI is InChI=1S/C22H24N4O3S/c1-3-14-24-30(28,29)16-17-10-12-18(13-11-17)25-22(27)20-15-23-26(21(20)4-2)19-8-6-5-7-9-19/h3,5-13,15,24H,1,4,14,16H2,2H3,(H,25,27). The molecule has 156 valence electrons. The van der Waals surface area contributed by atoms with Crippen molar-refractivity contribution in [2.75, 3.05) is 11.9 Å². The summed E-state index contributed by atoms with van der Waals surface area (Å²) in [6, 6.07) is 16.4. The van der Waals surface area contributed by atoms with Gasteiger partial charge >= 0.3 is 0 Å². The normalized spacial score (nSPS) is 11.2. The number of aromatic nitrogens is 2. The molecule has 8 heteroatoms. The van der Waals surface area contributed by atoms with Gasteiger partial charge in [0.05, 0.1) is 28.9 Å². The summed E-state index contributed by atoms with van der Waals surface area (Å²) in [5, 5.41) is 7.23. The Labute approximate surface area is 176 Å². The van der Waals surface area contributed by atoms with Crippen LogP contribution in [0.25, 0.3) is 5.69 Å². The molecular formula is C22H24N4O3S. The van der Waals surface area contributed by atoms with E-state index in [-0.39, 0.29) is 18.2 Å². The van der Waals surface area contributed by atoms with E-state index in [1.54, 1.807) is 35.1 Å². The summed E-state index contributed by atoms with van der Waals surface area (Å²) in [6.45, 7) is 5.66. The van der Waals surface area contributed by atoms with Crippen molar-refractivity contribution in [1.82, 2.24) is 14.5 Å². The van der Waals surface area contributed by atoms with Gasteiger partial charge in [0, 0.05) is 12.2 Å². The number of sulfonamides is 1. The van der Waals surface area contributed by atoms with Gasteiger partial charge in [-0.2, -0.15) is 5.10 Å². The summed E-state index contributed by atoms with van der Waals surface area (Å²) in [5.41, 5.74) is 3.41. The first-order chi connectivity index (χ1) is 14.4. The minimum Gasteiger partial charge on any atom is -0.322 e. The Morgan fingerprint density at radius 1 is 1.13 bits per heavy atom. The van der Waals surface area contributed by atoms with Gasteiger partial charge in [0.2, 0.25) is 10.0 Å². The average molecular weight is 425 g/mol. The molecule has 0 unspecified atom stereocenters. The second-order valence-electron chi connectivity index (χ2n) is 6.65. The molecule has 0 atom stereocenters. The highest BCUT2D eigenvalue weighted by Crippen LogP contribution is 2.18. The third-order valence-corrected chi connectivity index (χ3v) is 5.79. The number of nitrogens with one attached hydrogen (secondary N) is 2. The lowest BCUT2D eigenvalue weighted by Crippen LogP contribution is -2.25. The molecule has 0 aliphatic carbocycles. The zero-order valence-electron chi connectivity index (χ0n) is 16.7. The van der Waals surface area contributed by atoms with Crippen LogP contribution in [0.2, 0.25) is 0 Å². The topological polar surface area (TPSA) is 93.1 Å². The molecule has 3 rings (SSSR count). The highest BCUT2D eigenvalue weighted by Gasteiger charge is 2.17. The molecule has 0 fully saturated rings. The predicted molar refractivity (Wildman–Crippen MR) is 118 cm³/mol. The number of para-hydroxylation sites is 1. The quantitative estimate of drug-likeness (QED) is 0.516. The Morgan fingerprint density at radius 3 is 2.47 bits per heavy atom. The summed E-state index contributed by atoms with van der Waals surface area (Å²) in [6.07, 6.45) is 3.69. The first-order valence-corrected chi connectivity index (χ1v) is 11.2. The lowest BCUT2D eigenvalue weighted by molar-refractivity contribution is 0.102. The van der Waals surface area contributed by atoms with Gasteiger partial charge in [-0.1, -0.05) is 43.3 Å². The molecule has 0 aliphatic heterocycles. The molecular weight excluding hydrogens is 400 g/mol. The van der Waals surface area contributed by atoms with Gasteiger partial charge in [0.1, 0.15) is 0 Å². The van der Waals surface area contributed by atoms with E-state index >= 15 is 0 Å². The van der Waals surface area contributed by atoms with Crippen LogP contribution in [0, 0.1) is 0 Å². The summed E-state index contributed by atoms with van der Waals surface area (Å²) in [7, 11) is -3.43. The van der Waals surface area contributed by atoms with E-state index in [1.165, 1.54) is 6.08 Å². The fourth-order valence-electron chi connectivity index (χ4n) is 3.03. The van der Waals surface area contributed by atoms with Crippen molar-refractivity contribution >= 4 is 21.6 Å². The van der Waals surface area contributed by atoms with Crippen LogP contribution in [-0.4, -0.2) is 30.7 Å². The lowest BCUT2D eigenvalue weighted by Gasteiger charge is -2.09. The molecule has 1 heterocycles. The first kappa shape index (κ1) is 21.5. The molecule has 0 saturated heterocycles. The number of hydrogen-bond acceptors (Lipinski definition) is 4. The second kappa shape index (κ2) is 9.51. The molecule has 3 aromatic rings. The maximum Gasteiger partial charge on any atom is 0.259 e. The number of anilines is 1. The van der Waals surface area contributed by atoms with Crippen molar-refractivity contribution in [3.05, 3.63) is 90.3 Å². The number of hydrogen-bond donors (Lipinski definition) is 2. The number of rotatable bonds is 9. The Kier molecular flexibility index (Phi) is 6.81. The number of amides is 1. The van der Waals surface area contributed by atoms with Crippen molar-refractivity contribution in [3.8, 4) is 5.69 Å². The molecule has 1 amide bonds. The third-order valence-electron chi connectivity index (χ3n) is 4.47.